The molecule has 0 fully saturated rings. The zero-order valence-electron chi connectivity index (χ0n) is 6.94. The van der Waals surface area contributed by atoms with Crippen molar-refractivity contribution in [1.29, 1.82) is 0 Å². The van der Waals surface area contributed by atoms with E-state index in [1.807, 2.05) is 13.8 Å². The number of rotatable bonds is 2. The van der Waals surface area contributed by atoms with Gasteiger partial charge in [-0.3, -0.25) is 14.4 Å². The molecule has 6 heteroatoms. The van der Waals surface area contributed by atoms with Gasteiger partial charge in [-0.2, -0.15) is 0 Å². The molecule has 0 amide bonds. The average molecular weight is 271 g/mol. The third-order valence-electron chi connectivity index (χ3n) is 1.25. The molecule has 0 bridgehead atoms. The van der Waals surface area contributed by atoms with Crippen LogP contribution in [0.2, 0.25) is 0 Å². The topological polar surface area (TPSA) is 34.4 Å². The lowest BCUT2D eigenvalue weighted by molar-refractivity contribution is 0.710. The van der Waals surface area contributed by atoms with E-state index in [0.717, 1.165) is 17.9 Å². The molecular weight excluding hydrogens is 260 g/mol. The van der Waals surface area contributed by atoms with E-state index in [1.165, 1.54) is 20.7 Å². The summed E-state index contributed by atoms with van der Waals surface area (Å²) in [7, 11) is 2.70. The van der Waals surface area contributed by atoms with Crippen molar-refractivity contribution in [3.63, 3.8) is 0 Å². The molecule has 0 aliphatic rings. The van der Waals surface area contributed by atoms with Gasteiger partial charge in [0.2, 0.25) is 0 Å². The Bertz CT molecular complexity index is 338. The highest BCUT2D eigenvalue weighted by Crippen LogP contribution is 1.91. The van der Waals surface area contributed by atoms with Crippen LogP contribution in [0, 0.1) is 0 Å². The van der Waals surface area contributed by atoms with Gasteiger partial charge in [0.15, 0.2) is 4.80 Å². The Morgan fingerprint density at radius 3 is 2.58 bits per heavy atom. The zero-order chi connectivity index (χ0) is 8.27. The Morgan fingerprint density at radius 1 is 1.42 bits per heavy atom. The number of hydrogen-bond acceptors (Lipinski definition) is 4. The van der Waals surface area contributed by atoms with Gasteiger partial charge in [-0.05, 0) is 34.5 Å². The molecule has 1 aromatic rings. The van der Waals surface area contributed by atoms with Gasteiger partial charge in [0.1, 0.15) is 0 Å². The summed E-state index contributed by atoms with van der Waals surface area (Å²) in [6, 6.07) is 0. The van der Waals surface area contributed by atoms with Gasteiger partial charge in [-0.15, -0.1) is 17.0 Å². The molecule has 0 aliphatic heterocycles. The summed E-state index contributed by atoms with van der Waals surface area (Å²) in [4.78, 5) is 16.2. The molecule has 0 radical (unpaired) electrons. The maximum Gasteiger partial charge on any atom is 0.319 e. The average Bonchev–Trinajstić information content (AvgIpc) is 2.33. The van der Waals surface area contributed by atoms with E-state index in [0.29, 0.717) is 0 Å². The third-order valence-corrected chi connectivity index (χ3v) is 3.32. The van der Waals surface area contributed by atoms with Crippen LogP contribution in [0.3, 0.4) is 0 Å². The van der Waals surface area contributed by atoms with Crippen molar-refractivity contribution in [2.45, 2.75) is 20.4 Å². The number of halogens is 1. The molecule has 0 spiro atoms. The van der Waals surface area contributed by atoms with Crippen LogP contribution in [0.25, 0.3) is 0 Å². The zero-order valence-corrected chi connectivity index (χ0v) is 10.3. The van der Waals surface area contributed by atoms with Gasteiger partial charge >= 0.3 is 4.87 Å². The van der Waals surface area contributed by atoms with Crippen molar-refractivity contribution in [2.24, 2.45) is 4.99 Å². The monoisotopic (exact) mass is 270 g/mol. The predicted molar refractivity (Wildman–Crippen MR) is 58.6 cm³/mol. The van der Waals surface area contributed by atoms with Gasteiger partial charge in [0.05, 0.1) is 0 Å². The molecule has 3 nitrogen and oxygen atoms in total. The van der Waals surface area contributed by atoms with E-state index in [-0.39, 0.29) is 21.9 Å². The first-order valence-corrected chi connectivity index (χ1v) is 5.65. The molecule has 1 rings (SSSR count). The van der Waals surface area contributed by atoms with E-state index >= 15 is 0 Å². The predicted octanol–water partition coefficient (Wildman–Crippen LogP) is 1.49. The van der Waals surface area contributed by atoms with Gasteiger partial charge in [0, 0.05) is 13.1 Å². The number of nitrogens with zero attached hydrogens (tertiary/aromatic N) is 2. The molecule has 0 aliphatic carbocycles. The maximum absolute atomic E-state index is 11.1. The molecule has 0 aromatic carbocycles. The van der Waals surface area contributed by atoms with E-state index < -0.39 is 0 Å². The van der Waals surface area contributed by atoms with E-state index in [2.05, 4.69) is 4.99 Å². The molecule has 0 saturated heterocycles. The molecule has 70 valence electrons. The fraction of sp³-hybridized carbons (Fsp3) is 0.667. The van der Waals surface area contributed by atoms with Gasteiger partial charge in [-0.1, -0.05) is 0 Å². The van der Waals surface area contributed by atoms with Crippen molar-refractivity contribution >= 4 is 37.7 Å². The molecule has 1 heterocycles. The summed E-state index contributed by atoms with van der Waals surface area (Å²) in [6.45, 7) is 5.38. The molecule has 1 aromatic heterocycles. The van der Waals surface area contributed by atoms with Crippen LogP contribution >= 0.6 is 37.7 Å². The van der Waals surface area contributed by atoms with E-state index in [9.17, 15) is 4.79 Å². The third kappa shape index (κ3) is 2.53. The highest BCUT2D eigenvalue weighted by Gasteiger charge is 1.97. The minimum Gasteiger partial charge on any atom is -0.275 e. The highest BCUT2D eigenvalue weighted by molar-refractivity contribution is 8.93. The van der Waals surface area contributed by atoms with Crippen molar-refractivity contribution < 1.29 is 0 Å². The van der Waals surface area contributed by atoms with Crippen LogP contribution in [0.4, 0.5) is 0 Å². The summed E-state index contributed by atoms with van der Waals surface area (Å²) >= 11 is 0. The Kier molecular flexibility index (Phi) is 5.69. The Labute approximate surface area is 88.6 Å². The number of aromatic nitrogens is 1. The van der Waals surface area contributed by atoms with Crippen LogP contribution in [0.1, 0.15) is 13.8 Å². The first-order chi connectivity index (χ1) is 5.29. The quantitative estimate of drug-likeness (QED) is 0.750. The first kappa shape index (κ1) is 12.1. The molecule has 0 atom stereocenters. The molecule has 0 N–H and O–H groups in total. The summed E-state index contributed by atoms with van der Waals surface area (Å²) in [5, 5.41) is 0. The maximum atomic E-state index is 11.1. The summed E-state index contributed by atoms with van der Waals surface area (Å²) < 4.78 is 1.69. The highest BCUT2D eigenvalue weighted by atomic mass is 79.9. The molecule has 0 unspecified atom stereocenters. The van der Waals surface area contributed by atoms with Crippen molar-refractivity contribution in [1.82, 2.24) is 4.57 Å². The van der Waals surface area contributed by atoms with Gasteiger partial charge in [0.25, 0.3) is 0 Å². The molecule has 12 heavy (non-hydrogen) atoms. The van der Waals surface area contributed by atoms with Crippen LogP contribution in [0.5, 0.6) is 0 Å². The number of hydrogen-bond donors (Lipinski definition) is 0. The fourth-order valence-electron chi connectivity index (χ4n) is 0.752. The lowest BCUT2D eigenvalue weighted by atomic mass is 10.7. The second-order valence-corrected chi connectivity index (χ2v) is 3.98. The fourth-order valence-corrected chi connectivity index (χ4v) is 2.88. The molecule has 0 saturated carbocycles. The van der Waals surface area contributed by atoms with E-state index in [4.69, 9.17) is 0 Å². The van der Waals surface area contributed by atoms with Gasteiger partial charge < -0.3 is 0 Å². The smallest absolute Gasteiger partial charge is 0.275 e. The van der Waals surface area contributed by atoms with Crippen LogP contribution in [-0.4, -0.2) is 11.1 Å². The van der Waals surface area contributed by atoms with Crippen LogP contribution < -0.4 is 9.67 Å². The Morgan fingerprint density at radius 2 is 2.08 bits per heavy atom. The Hall–Kier alpha value is 0.0600. The van der Waals surface area contributed by atoms with Gasteiger partial charge in [-0.25, -0.2) is 0 Å². The standard InChI is InChI=1S/C6H10N2OS2.BrH/c1-3-7-5-8(4-2)6(9)11-10-5;/h3-4H2,1-2H3;1H. The minimum atomic E-state index is 0. The summed E-state index contributed by atoms with van der Waals surface area (Å²) in [6.07, 6.45) is 0. The summed E-state index contributed by atoms with van der Waals surface area (Å²) in [5.41, 5.74) is 0. The lowest BCUT2D eigenvalue weighted by Crippen LogP contribution is -2.23. The normalized spacial score (nSPS) is 11.3. The SMILES string of the molecule is Br.CCN=c1ssc(=O)n1CC. The second-order valence-electron chi connectivity index (χ2n) is 1.93. The Balaban J connectivity index is 0.00000121. The van der Waals surface area contributed by atoms with Crippen LogP contribution in [0.15, 0.2) is 9.79 Å². The first-order valence-electron chi connectivity index (χ1n) is 3.50. The van der Waals surface area contributed by atoms with Crippen molar-refractivity contribution in [2.75, 3.05) is 6.54 Å². The van der Waals surface area contributed by atoms with Crippen LogP contribution in [-0.2, 0) is 6.54 Å². The van der Waals surface area contributed by atoms with Crippen molar-refractivity contribution in [3.8, 4) is 0 Å². The minimum absolute atomic E-state index is 0. The molecular formula is C6H11BrN2OS2. The van der Waals surface area contributed by atoms with E-state index in [1.54, 1.807) is 4.57 Å². The second kappa shape index (κ2) is 5.66. The lowest BCUT2D eigenvalue weighted by Gasteiger charge is -1.90. The summed E-state index contributed by atoms with van der Waals surface area (Å²) in [5.74, 6) is 0. The largest absolute Gasteiger partial charge is 0.319 e. The van der Waals surface area contributed by atoms with Crippen molar-refractivity contribution in [3.05, 3.63) is 14.5 Å².